The minimum Gasteiger partial charge on any atom is -0.496 e. The highest BCUT2D eigenvalue weighted by atomic mass is 16.7. The lowest BCUT2D eigenvalue weighted by molar-refractivity contribution is -0.130. The first-order valence-electron chi connectivity index (χ1n) is 10.2. The summed E-state index contributed by atoms with van der Waals surface area (Å²) in [5.74, 6) is 1.66. The maximum absolute atomic E-state index is 13.1. The van der Waals surface area contributed by atoms with E-state index in [2.05, 4.69) is 5.32 Å². The first-order valence-corrected chi connectivity index (χ1v) is 10.2. The van der Waals surface area contributed by atoms with E-state index in [0.717, 1.165) is 16.9 Å². The molecule has 0 bridgehead atoms. The highest BCUT2D eigenvalue weighted by Crippen LogP contribution is 2.38. The second-order valence-electron chi connectivity index (χ2n) is 7.51. The fourth-order valence-corrected chi connectivity index (χ4v) is 4.16. The molecule has 0 saturated carbocycles. The molecule has 1 saturated heterocycles. The van der Waals surface area contributed by atoms with Gasteiger partial charge in [-0.3, -0.25) is 9.59 Å². The fraction of sp³-hybridized carbons (Fsp3) is 0.391. The predicted octanol–water partition coefficient (Wildman–Crippen LogP) is 2.69. The monoisotopic (exact) mass is 410 g/mol. The van der Waals surface area contributed by atoms with Gasteiger partial charge >= 0.3 is 0 Å². The molecule has 2 aromatic carbocycles. The van der Waals surface area contributed by atoms with Gasteiger partial charge in [0.1, 0.15) is 5.75 Å². The maximum Gasteiger partial charge on any atom is 0.231 e. The van der Waals surface area contributed by atoms with Crippen LogP contribution in [0.3, 0.4) is 0 Å². The van der Waals surface area contributed by atoms with Crippen molar-refractivity contribution in [3.63, 3.8) is 0 Å². The van der Waals surface area contributed by atoms with Crippen molar-refractivity contribution in [3.05, 3.63) is 53.6 Å². The summed E-state index contributed by atoms with van der Waals surface area (Å²) in [7, 11) is 1.62. The maximum atomic E-state index is 13.1. The van der Waals surface area contributed by atoms with Gasteiger partial charge in [-0.15, -0.1) is 0 Å². The van der Waals surface area contributed by atoms with E-state index in [9.17, 15) is 9.59 Å². The molecular formula is C23H26N2O5. The number of hydrogen-bond donors (Lipinski definition) is 1. The summed E-state index contributed by atoms with van der Waals surface area (Å²) in [6.45, 7) is 3.35. The highest BCUT2D eigenvalue weighted by molar-refractivity contribution is 5.83. The number of benzene rings is 2. The third kappa shape index (κ3) is 3.92. The Balaban J connectivity index is 1.51. The number of ether oxygens (including phenoxy) is 3. The molecule has 2 aliphatic heterocycles. The number of nitrogens with zero attached hydrogens (tertiary/aromatic N) is 1. The summed E-state index contributed by atoms with van der Waals surface area (Å²) in [5, 5.41) is 3.03. The van der Waals surface area contributed by atoms with E-state index in [1.165, 1.54) is 0 Å². The topological polar surface area (TPSA) is 77.1 Å². The van der Waals surface area contributed by atoms with Gasteiger partial charge in [-0.1, -0.05) is 31.2 Å². The van der Waals surface area contributed by atoms with Crippen LogP contribution in [0.25, 0.3) is 0 Å². The number of carbonyl (C=O) groups excluding carboxylic acids is 2. The molecule has 2 atom stereocenters. The van der Waals surface area contributed by atoms with Crippen molar-refractivity contribution in [2.24, 2.45) is 5.92 Å². The molecule has 0 spiro atoms. The van der Waals surface area contributed by atoms with Gasteiger partial charge in [-0.2, -0.15) is 0 Å². The summed E-state index contributed by atoms with van der Waals surface area (Å²) < 4.78 is 16.3. The van der Waals surface area contributed by atoms with Crippen molar-refractivity contribution in [2.45, 2.75) is 25.8 Å². The summed E-state index contributed by atoms with van der Waals surface area (Å²) in [5.41, 5.74) is 1.88. The van der Waals surface area contributed by atoms with Crippen LogP contribution in [0.2, 0.25) is 0 Å². The summed E-state index contributed by atoms with van der Waals surface area (Å²) in [6, 6.07) is 13.3. The Bertz CT molecular complexity index is 945. The standard InChI is InChI=1S/C23H26N2O5/c1-3-22(26)25-12-17(16-6-4-5-7-19(16)28-2)18(13-25)23(27)24-11-15-8-9-20-21(10-15)30-14-29-20/h4-10,17-18H,3,11-14H2,1-2H3,(H,24,27)/t17-,18-/m1/s1. The average Bonchev–Trinajstić information content (AvgIpc) is 3.43. The first-order chi connectivity index (χ1) is 14.6. The molecule has 0 radical (unpaired) electrons. The van der Waals surface area contributed by atoms with Crippen LogP contribution in [-0.2, 0) is 16.1 Å². The van der Waals surface area contributed by atoms with Crippen LogP contribution in [0.5, 0.6) is 17.2 Å². The smallest absolute Gasteiger partial charge is 0.231 e. The molecule has 0 unspecified atom stereocenters. The number of methoxy groups -OCH3 is 1. The van der Waals surface area contributed by atoms with Crippen LogP contribution in [0, 0.1) is 5.92 Å². The molecule has 2 heterocycles. The van der Waals surface area contributed by atoms with Crippen molar-refractivity contribution in [3.8, 4) is 17.2 Å². The van der Waals surface area contributed by atoms with Gasteiger partial charge in [0.2, 0.25) is 18.6 Å². The summed E-state index contributed by atoms with van der Waals surface area (Å²) in [4.78, 5) is 27.3. The Morgan fingerprint density at radius 1 is 1.13 bits per heavy atom. The molecule has 30 heavy (non-hydrogen) atoms. The normalized spacial score (nSPS) is 19.6. The number of nitrogens with one attached hydrogen (secondary N) is 1. The largest absolute Gasteiger partial charge is 0.496 e. The van der Waals surface area contributed by atoms with Gasteiger partial charge in [-0.25, -0.2) is 0 Å². The Morgan fingerprint density at radius 2 is 1.93 bits per heavy atom. The molecule has 7 nitrogen and oxygen atoms in total. The Kier molecular flexibility index (Phi) is 5.79. The minimum absolute atomic E-state index is 0.0565. The van der Waals surface area contributed by atoms with Crippen LogP contribution in [0.1, 0.15) is 30.4 Å². The quantitative estimate of drug-likeness (QED) is 0.792. The Labute approximate surface area is 175 Å². The van der Waals surface area contributed by atoms with E-state index in [-0.39, 0.29) is 30.4 Å². The van der Waals surface area contributed by atoms with E-state index >= 15 is 0 Å². The molecule has 1 fully saturated rings. The molecule has 1 N–H and O–H groups in total. The minimum atomic E-state index is -0.342. The second-order valence-corrected chi connectivity index (χ2v) is 7.51. The van der Waals surface area contributed by atoms with E-state index < -0.39 is 0 Å². The molecular weight excluding hydrogens is 384 g/mol. The zero-order valence-electron chi connectivity index (χ0n) is 17.2. The van der Waals surface area contributed by atoms with Gasteiger partial charge in [0, 0.05) is 32.0 Å². The number of rotatable bonds is 6. The third-order valence-electron chi connectivity index (χ3n) is 5.75. The third-order valence-corrected chi connectivity index (χ3v) is 5.75. The molecule has 4 rings (SSSR count). The second kappa shape index (κ2) is 8.65. The van der Waals surface area contributed by atoms with Gasteiger partial charge in [0.25, 0.3) is 0 Å². The average molecular weight is 410 g/mol. The molecule has 0 aromatic heterocycles. The van der Waals surface area contributed by atoms with E-state index in [1.54, 1.807) is 12.0 Å². The molecule has 2 aliphatic rings. The van der Waals surface area contributed by atoms with Crippen LogP contribution >= 0.6 is 0 Å². The van der Waals surface area contributed by atoms with Crippen LogP contribution in [0.4, 0.5) is 0 Å². The number of hydrogen-bond acceptors (Lipinski definition) is 5. The van der Waals surface area contributed by atoms with Crippen molar-refractivity contribution < 1.29 is 23.8 Å². The van der Waals surface area contributed by atoms with Gasteiger partial charge in [0.05, 0.1) is 13.0 Å². The highest BCUT2D eigenvalue weighted by Gasteiger charge is 2.41. The van der Waals surface area contributed by atoms with E-state index in [4.69, 9.17) is 14.2 Å². The Hall–Kier alpha value is -3.22. The lowest BCUT2D eigenvalue weighted by Gasteiger charge is -2.20. The first kappa shape index (κ1) is 20.1. The van der Waals surface area contributed by atoms with Crippen LogP contribution in [-0.4, -0.2) is 43.7 Å². The number of para-hydroxylation sites is 1. The number of amides is 2. The molecule has 7 heteroatoms. The van der Waals surface area contributed by atoms with Crippen molar-refractivity contribution in [1.82, 2.24) is 10.2 Å². The molecule has 158 valence electrons. The van der Waals surface area contributed by atoms with E-state index in [1.807, 2.05) is 49.4 Å². The van der Waals surface area contributed by atoms with Gasteiger partial charge in [-0.05, 0) is 29.3 Å². The molecule has 2 amide bonds. The van der Waals surface area contributed by atoms with Crippen LogP contribution in [0.15, 0.2) is 42.5 Å². The predicted molar refractivity (Wildman–Crippen MR) is 111 cm³/mol. The van der Waals surface area contributed by atoms with Crippen molar-refractivity contribution >= 4 is 11.8 Å². The summed E-state index contributed by atoms with van der Waals surface area (Å²) >= 11 is 0. The number of likely N-dealkylation sites (tertiary alicyclic amines) is 1. The number of fused-ring (bicyclic) bond motifs is 1. The zero-order chi connectivity index (χ0) is 21.1. The van der Waals surface area contributed by atoms with Crippen molar-refractivity contribution in [1.29, 1.82) is 0 Å². The summed E-state index contributed by atoms with van der Waals surface area (Å²) in [6.07, 6.45) is 0.421. The van der Waals surface area contributed by atoms with Gasteiger partial charge in [0.15, 0.2) is 11.5 Å². The van der Waals surface area contributed by atoms with Gasteiger partial charge < -0.3 is 24.4 Å². The Morgan fingerprint density at radius 3 is 2.73 bits per heavy atom. The van der Waals surface area contributed by atoms with Crippen molar-refractivity contribution in [2.75, 3.05) is 27.0 Å². The van der Waals surface area contributed by atoms with E-state index in [0.29, 0.717) is 37.6 Å². The molecule has 2 aromatic rings. The number of carbonyl (C=O) groups is 2. The van der Waals surface area contributed by atoms with Crippen LogP contribution < -0.4 is 19.5 Å². The molecule has 0 aliphatic carbocycles. The SMILES string of the molecule is CCC(=O)N1C[C@H](c2ccccc2OC)[C@H](C(=O)NCc2ccc3c(c2)OCO3)C1. The fourth-order valence-electron chi connectivity index (χ4n) is 4.16. The zero-order valence-corrected chi connectivity index (χ0v) is 17.2. The lowest BCUT2D eigenvalue weighted by atomic mass is 9.87. The lowest BCUT2D eigenvalue weighted by Crippen LogP contribution is -2.35.